The van der Waals surface area contributed by atoms with Gasteiger partial charge in [-0.3, -0.25) is 14.5 Å². The number of hydrogen-bond donors (Lipinski definition) is 1. The fraction of sp³-hybridized carbons (Fsp3) is 0.667. The van der Waals surface area contributed by atoms with Crippen LogP contribution in [-0.4, -0.2) is 65.5 Å². The van der Waals surface area contributed by atoms with Crippen molar-refractivity contribution in [3.8, 4) is 0 Å². The van der Waals surface area contributed by atoms with Crippen molar-refractivity contribution in [2.24, 2.45) is 5.92 Å². The van der Waals surface area contributed by atoms with Crippen molar-refractivity contribution in [2.45, 2.75) is 58.1 Å². The Morgan fingerprint density at radius 1 is 1.21 bits per heavy atom. The zero-order chi connectivity index (χ0) is 21.0. The standard InChI is InChI=1S/C21H31N3O4S/c1-21(2,3)28-20(27)24-11-5-8-16(24)18(25)22-13-15-7-4-10-23(14-15)19(26)17-9-6-12-29-17/h6,9,12,15-16H,4-5,7-8,10-11,13-14H2,1-3H3,(H,22,25)/t15-,16-/m0/s1. The number of thiophene rings is 1. The third-order valence-corrected chi connectivity index (χ3v) is 6.14. The highest BCUT2D eigenvalue weighted by Gasteiger charge is 2.37. The molecular formula is C21H31N3O4S. The molecule has 2 aliphatic rings. The largest absolute Gasteiger partial charge is 0.444 e. The second kappa shape index (κ2) is 9.15. The maximum Gasteiger partial charge on any atom is 0.410 e. The van der Waals surface area contributed by atoms with Gasteiger partial charge < -0.3 is 15.0 Å². The number of ether oxygens (including phenoxy) is 1. The first-order valence-electron chi connectivity index (χ1n) is 10.3. The number of carbonyl (C=O) groups is 3. The highest BCUT2D eigenvalue weighted by Crippen LogP contribution is 2.22. The van der Waals surface area contributed by atoms with Gasteiger partial charge in [0, 0.05) is 26.2 Å². The van der Waals surface area contributed by atoms with Gasteiger partial charge in [0.1, 0.15) is 11.6 Å². The Hall–Kier alpha value is -2.09. The van der Waals surface area contributed by atoms with E-state index in [1.165, 1.54) is 16.2 Å². The van der Waals surface area contributed by atoms with Gasteiger partial charge >= 0.3 is 6.09 Å². The second-order valence-corrected chi connectivity index (χ2v) is 9.76. The molecule has 7 nitrogen and oxygen atoms in total. The van der Waals surface area contributed by atoms with Gasteiger partial charge in [0.2, 0.25) is 5.91 Å². The maximum absolute atomic E-state index is 12.7. The van der Waals surface area contributed by atoms with Crippen LogP contribution in [-0.2, 0) is 9.53 Å². The summed E-state index contributed by atoms with van der Waals surface area (Å²) in [6.45, 7) is 7.94. The van der Waals surface area contributed by atoms with E-state index in [-0.39, 0.29) is 17.7 Å². The van der Waals surface area contributed by atoms with E-state index >= 15 is 0 Å². The lowest BCUT2D eigenvalue weighted by atomic mass is 9.97. The van der Waals surface area contributed by atoms with Gasteiger partial charge in [-0.25, -0.2) is 4.79 Å². The molecule has 0 aliphatic carbocycles. The molecule has 2 fully saturated rings. The monoisotopic (exact) mass is 421 g/mol. The first kappa shape index (κ1) is 21.6. The van der Waals surface area contributed by atoms with Crippen LogP contribution in [0.15, 0.2) is 17.5 Å². The molecule has 0 spiro atoms. The van der Waals surface area contributed by atoms with Crippen molar-refractivity contribution in [3.05, 3.63) is 22.4 Å². The summed E-state index contributed by atoms with van der Waals surface area (Å²) in [5, 5.41) is 4.92. The molecule has 0 bridgehead atoms. The van der Waals surface area contributed by atoms with E-state index in [1.807, 2.05) is 43.2 Å². The molecule has 3 amide bonds. The van der Waals surface area contributed by atoms with E-state index in [0.717, 1.165) is 30.7 Å². The number of hydrogen-bond acceptors (Lipinski definition) is 5. The Labute approximate surface area is 176 Å². The van der Waals surface area contributed by atoms with Gasteiger partial charge in [-0.05, 0) is 63.8 Å². The average molecular weight is 422 g/mol. The summed E-state index contributed by atoms with van der Waals surface area (Å²) < 4.78 is 5.44. The number of nitrogens with one attached hydrogen (secondary N) is 1. The molecule has 0 aromatic carbocycles. The third kappa shape index (κ3) is 5.72. The number of piperidine rings is 1. The van der Waals surface area contributed by atoms with Crippen LogP contribution in [0.3, 0.4) is 0 Å². The van der Waals surface area contributed by atoms with Crippen LogP contribution in [0.25, 0.3) is 0 Å². The quantitative estimate of drug-likeness (QED) is 0.810. The zero-order valence-electron chi connectivity index (χ0n) is 17.5. The molecule has 3 rings (SSSR count). The molecular weight excluding hydrogens is 390 g/mol. The Morgan fingerprint density at radius 2 is 1.97 bits per heavy atom. The van der Waals surface area contributed by atoms with Crippen molar-refractivity contribution in [1.29, 1.82) is 0 Å². The predicted octanol–water partition coefficient (Wildman–Crippen LogP) is 3.12. The normalized spacial score (nSPS) is 22.4. The molecule has 3 heterocycles. The maximum atomic E-state index is 12.7. The number of carbonyl (C=O) groups excluding carboxylic acids is 3. The third-order valence-electron chi connectivity index (χ3n) is 5.29. The number of amides is 3. The lowest BCUT2D eigenvalue weighted by Crippen LogP contribution is -2.49. The molecule has 0 unspecified atom stereocenters. The van der Waals surface area contributed by atoms with E-state index in [2.05, 4.69) is 5.32 Å². The second-order valence-electron chi connectivity index (χ2n) is 8.81. The first-order valence-corrected chi connectivity index (χ1v) is 11.2. The zero-order valence-corrected chi connectivity index (χ0v) is 18.3. The van der Waals surface area contributed by atoms with E-state index in [4.69, 9.17) is 4.74 Å². The summed E-state index contributed by atoms with van der Waals surface area (Å²) in [5.41, 5.74) is -0.582. The van der Waals surface area contributed by atoms with E-state index in [0.29, 0.717) is 26.1 Å². The SMILES string of the molecule is CC(C)(C)OC(=O)N1CCC[C@H]1C(=O)NC[C@@H]1CCCN(C(=O)c2cccs2)C1. The summed E-state index contributed by atoms with van der Waals surface area (Å²) in [5.74, 6) is 0.172. The summed E-state index contributed by atoms with van der Waals surface area (Å²) in [6, 6.07) is 3.26. The smallest absolute Gasteiger partial charge is 0.410 e. The Bertz CT molecular complexity index is 729. The Balaban J connectivity index is 1.50. The molecule has 1 aromatic heterocycles. The minimum atomic E-state index is -0.582. The van der Waals surface area contributed by atoms with Crippen LogP contribution in [0.5, 0.6) is 0 Å². The van der Waals surface area contributed by atoms with Gasteiger partial charge in [0.25, 0.3) is 5.91 Å². The van der Waals surface area contributed by atoms with Crippen molar-refractivity contribution >= 4 is 29.2 Å². The minimum Gasteiger partial charge on any atom is -0.444 e. The van der Waals surface area contributed by atoms with Crippen LogP contribution in [0.1, 0.15) is 56.1 Å². The van der Waals surface area contributed by atoms with E-state index < -0.39 is 17.7 Å². The van der Waals surface area contributed by atoms with Crippen LogP contribution in [0, 0.1) is 5.92 Å². The molecule has 2 aliphatic heterocycles. The fourth-order valence-electron chi connectivity index (χ4n) is 3.91. The van der Waals surface area contributed by atoms with Gasteiger partial charge in [-0.1, -0.05) is 6.07 Å². The molecule has 2 saturated heterocycles. The average Bonchev–Trinajstić information content (AvgIpc) is 3.36. The summed E-state index contributed by atoms with van der Waals surface area (Å²) in [7, 11) is 0. The van der Waals surface area contributed by atoms with Crippen LogP contribution >= 0.6 is 11.3 Å². The van der Waals surface area contributed by atoms with E-state index in [9.17, 15) is 14.4 Å². The summed E-state index contributed by atoms with van der Waals surface area (Å²) >= 11 is 1.46. The van der Waals surface area contributed by atoms with Crippen LogP contribution in [0.4, 0.5) is 4.79 Å². The lowest BCUT2D eigenvalue weighted by molar-refractivity contribution is -0.125. The van der Waals surface area contributed by atoms with Gasteiger partial charge in [-0.2, -0.15) is 0 Å². The number of rotatable bonds is 4. The van der Waals surface area contributed by atoms with Crippen molar-refractivity contribution in [1.82, 2.24) is 15.1 Å². The highest BCUT2D eigenvalue weighted by atomic mass is 32.1. The molecule has 29 heavy (non-hydrogen) atoms. The topological polar surface area (TPSA) is 79.0 Å². The minimum absolute atomic E-state index is 0.0721. The summed E-state index contributed by atoms with van der Waals surface area (Å²) in [4.78, 5) is 41.9. The lowest BCUT2D eigenvalue weighted by Gasteiger charge is -2.33. The summed E-state index contributed by atoms with van der Waals surface area (Å²) in [6.07, 6.45) is 2.93. The predicted molar refractivity (Wildman–Crippen MR) is 112 cm³/mol. The molecule has 1 aromatic rings. The van der Waals surface area contributed by atoms with Crippen molar-refractivity contribution in [3.63, 3.8) is 0 Å². The molecule has 2 atom stereocenters. The number of nitrogens with zero attached hydrogens (tertiary/aromatic N) is 2. The molecule has 8 heteroatoms. The van der Waals surface area contributed by atoms with Gasteiger partial charge in [0.05, 0.1) is 4.88 Å². The molecule has 1 N–H and O–H groups in total. The fourth-order valence-corrected chi connectivity index (χ4v) is 4.60. The molecule has 160 valence electrons. The number of likely N-dealkylation sites (tertiary alicyclic amines) is 2. The van der Waals surface area contributed by atoms with Crippen LogP contribution < -0.4 is 5.32 Å². The Kier molecular flexibility index (Phi) is 6.82. The van der Waals surface area contributed by atoms with Crippen molar-refractivity contribution in [2.75, 3.05) is 26.2 Å². The van der Waals surface area contributed by atoms with Gasteiger partial charge in [-0.15, -0.1) is 11.3 Å². The highest BCUT2D eigenvalue weighted by molar-refractivity contribution is 7.12. The van der Waals surface area contributed by atoms with Crippen molar-refractivity contribution < 1.29 is 19.1 Å². The van der Waals surface area contributed by atoms with Gasteiger partial charge in [0.15, 0.2) is 0 Å². The molecule has 0 radical (unpaired) electrons. The van der Waals surface area contributed by atoms with E-state index in [1.54, 1.807) is 0 Å². The first-order chi connectivity index (χ1) is 13.7. The van der Waals surface area contributed by atoms with Crippen LogP contribution in [0.2, 0.25) is 0 Å². The molecule has 0 saturated carbocycles. The Morgan fingerprint density at radius 3 is 2.66 bits per heavy atom.